The second-order valence-electron chi connectivity index (χ2n) is 4.92. The fourth-order valence-corrected chi connectivity index (χ4v) is 2.20. The van der Waals surface area contributed by atoms with E-state index in [1.54, 1.807) is 6.07 Å². The Balaban J connectivity index is 2.07. The fourth-order valence-electron chi connectivity index (χ4n) is 2.20. The molecule has 0 amide bonds. The van der Waals surface area contributed by atoms with E-state index in [0.29, 0.717) is 12.5 Å². The zero-order chi connectivity index (χ0) is 12.5. The minimum absolute atomic E-state index is 0.247. The van der Waals surface area contributed by atoms with Gasteiger partial charge in [-0.1, -0.05) is 6.07 Å². The second-order valence-corrected chi connectivity index (χ2v) is 4.92. The normalized spacial score (nSPS) is 18.8. The maximum atomic E-state index is 13.1. The van der Waals surface area contributed by atoms with E-state index in [-0.39, 0.29) is 12.4 Å². The Morgan fingerprint density at radius 3 is 2.76 bits per heavy atom. The summed E-state index contributed by atoms with van der Waals surface area (Å²) in [6.07, 6.45) is 2.06. The van der Waals surface area contributed by atoms with Crippen LogP contribution in [-0.2, 0) is 0 Å². The SMILES string of the molecule is CN(CC(O)(CN)C1CC1)c1cccc(F)c1. The first-order chi connectivity index (χ1) is 8.05. The van der Waals surface area contributed by atoms with Crippen molar-refractivity contribution in [3.8, 4) is 0 Å². The number of likely N-dealkylation sites (N-methyl/N-ethyl adjacent to an activating group) is 1. The maximum Gasteiger partial charge on any atom is 0.125 e. The molecule has 0 heterocycles. The lowest BCUT2D eigenvalue weighted by atomic mass is 9.97. The Labute approximate surface area is 101 Å². The summed E-state index contributed by atoms with van der Waals surface area (Å²) in [5.41, 5.74) is 5.57. The van der Waals surface area contributed by atoms with Crippen LogP contribution in [0.2, 0.25) is 0 Å². The Morgan fingerprint density at radius 1 is 1.53 bits per heavy atom. The van der Waals surface area contributed by atoms with Crippen LogP contribution in [0.1, 0.15) is 12.8 Å². The van der Waals surface area contributed by atoms with Gasteiger partial charge in [0.2, 0.25) is 0 Å². The Hall–Kier alpha value is -1.13. The predicted molar refractivity (Wildman–Crippen MR) is 66.4 cm³/mol. The van der Waals surface area contributed by atoms with E-state index in [1.165, 1.54) is 12.1 Å². The second kappa shape index (κ2) is 4.63. The highest BCUT2D eigenvalue weighted by atomic mass is 19.1. The van der Waals surface area contributed by atoms with Crippen molar-refractivity contribution in [2.45, 2.75) is 18.4 Å². The Kier molecular flexibility index (Phi) is 3.35. The summed E-state index contributed by atoms with van der Waals surface area (Å²) in [6.45, 7) is 0.689. The summed E-state index contributed by atoms with van der Waals surface area (Å²) in [5.74, 6) is 0.0283. The third-order valence-corrected chi connectivity index (χ3v) is 3.45. The third kappa shape index (κ3) is 2.76. The average Bonchev–Trinajstić information content (AvgIpc) is 3.13. The van der Waals surface area contributed by atoms with Gasteiger partial charge in [-0.2, -0.15) is 0 Å². The molecule has 3 nitrogen and oxygen atoms in total. The number of rotatable bonds is 5. The van der Waals surface area contributed by atoms with Crippen LogP contribution in [0.3, 0.4) is 0 Å². The topological polar surface area (TPSA) is 49.5 Å². The van der Waals surface area contributed by atoms with Crippen molar-refractivity contribution in [1.82, 2.24) is 0 Å². The van der Waals surface area contributed by atoms with Gasteiger partial charge in [0.1, 0.15) is 5.82 Å². The molecule has 1 aromatic rings. The molecule has 1 unspecified atom stereocenters. The molecule has 1 saturated carbocycles. The molecule has 0 radical (unpaired) electrons. The van der Waals surface area contributed by atoms with Gasteiger partial charge in [-0.05, 0) is 37.0 Å². The number of hydrogen-bond acceptors (Lipinski definition) is 3. The van der Waals surface area contributed by atoms with Crippen molar-refractivity contribution in [2.75, 3.05) is 25.0 Å². The van der Waals surface area contributed by atoms with E-state index in [9.17, 15) is 9.50 Å². The number of halogens is 1. The average molecular weight is 238 g/mol. The van der Waals surface area contributed by atoms with Gasteiger partial charge in [-0.25, -0.2) is 4.39 Å². The molecule has 4 heteroatoms. The van der Waals surface area contributed by atoms with Crippen molar-refractivity contribution < 1.29 is 9.50 Å². The molecule has 0 aliphatic heterocycles. The van der Waals surface area contributed by atoms with Crippen molar-refractivity contribution in [1.29, 1.82) is 0 Å². The molecule has 0 bridgehead atoms. The lowest BCUT2D eigenvalue weighted by Gasteiger charge is -2.32. The van der Waals surface area contributed by atoms with E-state index in [1.807, 2.05) is 18.0 Å². The molecule has 0 saturated heterocycles. The molecular weight excluding hydrogens is 219 g/mol. The number of anilines is 1. The van der Waals surface area contributed by atoms with Crippen molar-refractivity contribution in [3.63, 3.8) is 0 Å². The first-order valence-electron chi connectivity index (χ1n) is 5.94. The van der Waals surface area contributed by atoms with Crippen LogP contribution in [0.5, 0.6) is 0 Å². The van der Waals surface area contributed by atoms with Gasteiger partial charge in [0.15, 0.2) is 0 Å². The Bertz CT molecular complexity index is 395. The smallest absolute Gasteiger partial charge is 0.125 e. The first-order valence-corrected chi connectivity index (χ1v) is 5.94. The van der Waals surface area contributed by atoms with Gasteiger partial charge < -0.3 is 15.7 Å². The molecule has 0 spiro atoms. The van der Waals surface area contributed by atoms with Crippen molar-refractivity contribution in [2.24, 2.45) is 11.7 Å². The third-order valence-electron chi connectivity index (χ3n) is 3.45. The quantitative estimate of drug-likeness (QED) is 0.814. The van der Waals surface area contributed by atoms with Gasteiger partial charge >= 0.3 is 0 Å². The molecule has 1 aliphatic rings. The Morgan fingerprint density at radius 2 is 2.24 bits per heavy atom. The van der Waals surface area contributed by atoms with Crippen LogP contribution >= 0.6 is 0 Å². The van der Waals surface area contributed by atoms with Crippen molar-refractivity contribution in [3.05, 3.63) is 30.1 Å². The summed E-state index contributed by atoms with van der Waals surface area (Å²) in [7, 11) is 1.85. The van der Waals surface area contributed by atoms with E-state index < -0.39 is 5.60 Å². The van der Waals surface area contributed by atoms with Crippen molar-refractivity contribution >= 4 is 5.69 Å². The van der Waals surface area contributed by atoms with Crippen LogP contribution in [0.4, 0.5) is 10.1 Å². The zero-order valence-corrected chi connectivity index (χ0v) is 10.1. The van der Waals surface area contributed by atoms with Gasteiger partial charge in [0.25, 0.3) is 0 Å². The first kappa shape index (κ1) is 12.3. The molecule has 3 N–H and O–H groups in total. The fraction of sp³-hybridized carbons (Fsp3) is 0.538. The molecule has 2 rings (SSSR count). The summed E-state index contributed by atoms with van der Waals surface area (Å²) in [6, 6.07) is 6.36. The van der Waals surface area contributed by atoms with Crippen LogP contribution < -0.4 is 10.6 Å². The predicted octanol–water partition coefficient (Wildman–Crippen LogP) is 1.36. The van der Waals surface area contributed by atoms with E-state index in [4.69, 9.17) is 5.73 Å². The van der Waals surface area contributed by atoms with Gasteiger partial charge in [0, 0.05) is 25.8 Å². The van der Waals surface area contributed by atoms with Crippen LogP contribution in [0, 0.1) is 11.7 Å². The van der Waals surface area contributed by atoms with Crippen LogP contribution in [-0.4, -0.2) is 30.8 Å². The summed E-state index contributed by atoms with van der Waals surface area (Å²) < 4.78 is 13.1. The molecule has 94 valence electrons. The summed E-state index contributed by atoms with van der Waals surface area (Å²) in [5, 5.41) is 10.4. The lowest BCUT2D eigenvalue weighted by Crippen LogP contribution is -2.49. The minimum Gasteiger partial charge on any atom is -0.386 e. The van der Waals surface area contributed by atoms with Crippen LogP contribution in [0.25, 0.3) is 0 Å². The van der Waals surface area contributed by atoms with Gasteiger partial charge in [-0.15, -0.1) is 0 Å². The summed E-state index contributed by atoms with van der Waals surface area (Å²) in [4.78, 5) is 1.86. The standard InChI is InChI=1S/C13H19FN2O/c1-16(12-4-2-3-11(14)7-12)9-13(17,8-15)10-5-6-10/h2-4,7,10,17H,5-6,8-9,15H2,1H3. The lowest BCUT2D eigenvalue weighted by molar-refractivity contribution is 0.0344. The van der Waals surface area contributed by atoms with E-state index in [0.717, 1.165) is 18.5 Å². The van der Waals surface area contributed by atoms with Crippen LogP contribution in [0.15, 0.2) is 24.3 Å². The molecule has 1 fully saturated rings. The number of nitrogens with zero attached hydrogens (tertiary/aromatic N) is 1. The number of benzene rings is 1. The molecule has 1 aromatic carbocycles. The number of aliphatic hydroxyl groups is 1. The molecule has 17 heavy (non-hydrogen) atoms. The maximum absolute atomic E-state index is 13.1. The van der Waals surface area contributed by atoms with E-state index in [2.05, 4.69) is 0 Å². The van der Waals surface area contributed by atoms with Gasteiger partial charge in [-0.3, -0.25) is 0 Å². The largest absolute Gasteiger partial charge is 0.386 e. The van der Waals surface area contributed by atoms with Gasteiger partial charge in [0.05, 0.1) is 5.60 Å². The number of hydrogen-bond donors (Lipinski definition) is 2. The zero-order valence-electron chi connectivity index (χ0n) is 10.1. The monoisotopic (exact) mass is 238 g/mol. The highest BCUT2D eigenvalue weighted by Crippen LogP contribution is 2.39. The highest BCUT2D eigenvalue weighted by molar-refractivity contribution is 5.46. The number of nitrogens with two attached hydrogens (primary N) is 1. The summed E-state index contributed by atoms with van der Waals surface area (Å²) >= 11 is 0. The van der Waals surface area contributed by atoms with E-state index >= 15 is 0 Å². The molecule has 1 aliphatic carbocycles. The highest BCUT2D eigenvalue weighted by Gasteiger charge is 2.43. The minimum atomic E-state index is -0.846. The molecule has 0 aromatic heterocycles. The molecule has 1 atom stereocenters. The molecular formula is C13H19FN2O.